The molecule has 1 aliphatic heterocycles. The van der Waals surface area contributed by atoms with Crippen LogP contribution in [0, 0.1) is 12.8 Å². The van der Waals surface area contributed by atoms with Crippen molar-refractivity contribution < 1.29 is 8.42 Å². The highest BCUT2D eigenvalue weighted by Crippen LogP contribution is 2.31. The molecule has 0 N–H and O–H groups in total. The van der Waals surface area contributed by atoms with E-state index < -0.39 is 10.0 Å². The van der Waals surface area contributed by atoms with Crippen LogP contribution in [0.15, 0.2) is 4.21 Å². The maximum Gasteiger partial charge on any atom is 0.254 e. The van der Waals surface area contributed by atoms with Crippen molar-refractivity contribution in [3.05, 3.63) is 10.2 Å². The fourth-order valence-electron chi connectivity index (χ4n) is 2.27. The summed E-state index contributed by atoms with van der Waals surface area (Å²) in [4.78, 5) is 3.98. The van der Waals surface area contributed by atoms with Crippen molar-refractivity contribution in [3.8, 4) is 0 Å². The average molecular weight is 309 g/mol. The molecule has 2 rings (SSSR count). The molecule has 1 aromatic heterocycles. The number of sulfonamides is 1. The van der Waals surface area contributed by atoms with Gasteiger partial charge < -0.3 is 0 Å². The van der Waals surface area contributed by atoms with Crippen LogP contribution >= 0.6 is 22.9 Å². The molecular formula is C11H17ClN2O2S2. The fourth-order valence-corrected chi connectivity index (χ4v) is 5.61. The van der Waals surface area contributed by atoms with Gasteiger partial charge in [-0.3, -0.25) is 0 Å². The van der Waals surface area contributed by atoms with Crippen LogP contribution < -0.4 is 0 Å². The lowest BCUT2D eigenvalue weighted by molar-refractivity contribution is 0.269. The molecule has 2 heterocycles. The number of hydrogen-bond donors (Lipinski definition) is 0. The predicted octanol–water partition coefficient (Wildman–Crippen LogP) is 2.92. The van der Waals surface area contributed by atoms with E-state index in [-0.39, 0.29) is 4.47 Å². The first-order valence-corrected chi connectivity index (χ1v) is 8.71. The van der Waals surface area contributed by atoms with Gasteiger partial charge in [0.1, 0.15) is 0 Å². The minimum absolute atomic E-state index is 0.287. The van der Waals surface area contributed by atoms with E-state index in [1.807, 2.05) is 0 Å². The lowest BCUT2D eigenvalue weighted by Gasteiger charge is -2.30. The Labute approximate surface area is 117 Å². The van der Waals surface area contributed by atoms with Gasteiger partial charge in [0.15, 0.2) is 8.68 Å². The Morgan fingerprint density at radius 2 is 2.06 bits per heavy atom. The fraction of sp³-hybridized carbons (Fsp3) is 0.727. The Kier molecular flexibility index (Phi) is 4.31. The van der Waals surface area contributed by atoms with E-state index >= 15 is 0 Å². The third kappa shape index (κ3) is 2.71. The Morgan fingerprint density at radius 1 is 1.44 bits per heavy atom. The molecule has 1 aromatic rings. The number of piperidine rings is 1. The van der Waals surface area contributed by atoms with Crippen LogP contribution in [0.4, 0.5) is 0 Å². The number of aryl methyl sites for hydroxylation is 1. The Hall–Kier alpha value is -0.170. The largest absolute Gasteiger partial charge is 0.254 e. The second kappa shape index (κ2) is 5.45. The molecule has 0 bridgehead atoms. The number of halogens is 1. The maximum atomic E-state index is 12.5. The zero-order valence-corrected chi connectivity index (χ0v) is 12.9. The standard InChI is InChI=1S/C11H17ClN2O2S2/c1-3-9-4-6-14(7-5-9)18(15,16)10-8(2)13-11(12)17-10/h9H,3-7H2,1-2H3. The van der Waals surface area contributed by atoms with Gasteiger partial charge in [0.25, 0.3) is 10.0 Å². The molecule has 0 spiro atoms. The van der Waals surface area contributed by atoms with Crippen molar-refractivity contribution in [1.29, 1.82) is 0 Å². The Balaban J connectivity index is 2.20. The molecule has 0 amide bonds. The molecular weight excluding hydrogens is 292 g/mol. The van der Waals surface area contributed by atoms with Crippen LogP contribution in [0.25, 0.3) is 0 Å². The van der Waals surface area contributed by atoms with Gasteiger partial charge in [0.05, 0.1) is 5.69 Å². The SMILES string of the molecule is CCC1CCN(S(=O)(=O)c2sc(Cl)nc2C)CC1. The van der Waals surface area contributed by atoms with Gasteiger partial charge in [-0.15, -0.1) is 0 Å². The highest BCUT2D eigenvalue weighted by atomic mass is 35.5. The van der Waals surface area contributed by atoms with E-state index in [2.05, 4.69) is 11.9 Å². The summed E-state index contributed by atoms with van der Waals surface area (Å²) in [5.41, 5.74) is 0.502. The first-order valence-electron chi connectivity index (χ1n) is 6.08. The van der Waals surface area contributed by atoms with Crippen LogP contribution in [0.3, 0.4) is 0 Å². The highest BCUT2D eigenvalue weighted by molar-refractivity contribution is 7.91. The Morgan fingerprint density at radius 3 is 2.50 bits per heavy atom. The number of hydrogen-bond acceptors (Lipinski definition) is 4. The molecule has 0 aromatic carbocycles. The summed E-state index contributed by atoms with van der Waals surface area (Å²) in [7, 11) is -3.40. The van der Waals surface area contributed by atoms with Crippen molar-refractivity contribution in [2.75, 3.05) is 13.1 Å². The van der Waals surface area contributed by atoms with Crippen LogP contribution in [0.1, 0.15) is 31.9 Å². The van der Waals surface area contributed by atoms with Crippen molar-refractivity contribution in [3.63, 3.8) is 0 Å². The minimum atomic E-state index is -3.40. The first kappa shape index (κ1) is 14.2. The molecule has 1 aliphatic rings. The molecule has 0 unspecified atom stereocenters. The molecule has 18 heavy (non-hydrogen) atoms. The van der Waals surface area contributed by atoms with E-state index in [4.69, 9.17) is 11.6 Å². The van der Waals surface area contributed by atoms with Gasteiger partial charge in [0, 0.05) is 13.1 Å². The number of nitrogens with zero attached hydrogens (tertiary/aromatic N) is 2. The molecule has 1 saturated heterocycles. The molecule has 102 valence electrons. The number of aromatic nitrogens is 1. The van der Waals surface area contributed by atoms with Gasteiger partial charge in [-0.1, -0.05) is 36.3 Å². The second-order valence-corrected chi connectivity index (χ2v) is 8.31. The monoisotopic (exact) mass is 308 g/mol. The molecule has 1 fully saturated rings. The predicted molar refractivity (Wildman–Crippen MR) is 73.6 cm³/mol. The third-order valence-corrected chi connectivity index (χ3v) is 7.20. The summed E-state index contributed by atoms with van der Waals surface area (Å²) in [6, 6.07) is 0. The van der Waals surface area contributed by atoms with Gasteiger partial charge >= 0.3 is 0 Å². The third-order valence-electron chi connectivity index (χ3n) is 3.45. The van der Waals surface area contributed by atoms with Crippen LogP contribution in [-0.2, 0) is 10.0 Å². The normalized spacial score (nSPS) is 19.3. The summed E-state index contributed by atoms with van der Waals surface area (Å²) in [6.45, 7) is 5.06. The lowest BCUT2D eigenvalue weighted by Crippen LogP contribution is -2.38. The highest BCUT2D eigenvalue weighted by Gasteiger charge is 2.31. The summed E-state index contributed by atoms with van der Waals surface area (Å²) >= 11 is 6.83. The lowest BCUT2D eigenvalue weighted by atomic mass is 9.96. The smallest absolute Gasteiger partial charge is 0.229 e. The summed E-state index contributed by atoms with van der Waals surface area (Å²) in [5, 5.41) is 0. The molecule has 0 atom stereocenters. The van der Waals surface area contributed by atoms with Gasteiger partial charge in [0.2, 0.25) is 0 Å². The van der Waals surface area contributed by atoms with Crippen LogP contribution in [0.2, 0.25) is 4.47 Å². The van der Waals surface area contributed by atoms with Gasteiger partial charge in [-0.25, -0.2) is 13.4 Å². The number of thiazole rings is 1. The molecule has 0 saturated carbocycles. The van der Waals surface area contributed by atoms with E-state index in [0.717, 1.165) is 30.6 Å². The van der Waals surface area contributed by atoms with Crippen molar-refractivity contribution in [2.24, 2.45) is 5.92 Å². The van der Waals surface area contributed by atoms with Crippen molar-refractivity contribution in [1.82, 2.24) is 9.29 Å². The summed E-state index contributed by atoms with van der Waals surface area (Å²) in [6.07, 6.45) is 3.02. The molecule has 0 radical (unpaired) electrons. The number of rotatable bonds is 3. The van der Waals surface area contributed by atoms with E-state index in [9.17, 15) is 8.42 Å². The molecule has 4 nitrogen and oxygen atoms in total. The second-order valence-electron chi connectivity index (χ2n) is 4.60. The van der Waals surface area contributed by atoms with E-state index in [1.54, 1.807) is 11.2 Å². The maximum absolute atomic E-state index is 12.5. The van der Waals surface area contributed by atoms with Crippen LogP contribution in [0.5, 0.6) is 0 Å². The van der Waals surface area contributed by atoms with Crippen molar-refractivity contribution >= 4 is 33.0 Å². The Bertz CT molecular complexity index is 519. The average Bonchev–Trinajstić information content (AvgIpc) is 2.69. The molecule has 7 heteroatoms. The van der Waals surface area contributed by atoms with E-state index in [1.165, 1.54) is 0 Å². The first-order chi connectivity index (χ1) is 8.45. The zero-order valence-electron chi connectivity index (χ0n) is 10.5. The van der Waals surface area contributed by atoms with Crippen LogP contribution in [-0.4, -0.2) is 30.8 Å². The van der Waals surface area contributed by atoms with E-state index in [0.29, 0.717) is 28.9 Å². The topological polar surface area (TPSA) is 50.3 Å². The quantitative estimate of drug-likeness (QED) is 0.862. The summed E-state index contributed by atoms with van der Waals surface area (Å²) in [5.74, 6) is 0.655. The zero-order chi connectivity index (χ0) is 13.3. The molecule has 0 aliphatic carbocycles. The van der Waals surface area contributed by atoms with Crippen molar-refractivity contribution in [2.45, 2.75) is 37.3 Å². The summed E-state index contributed by atoms with van der Waals surface area (Å²) < 4.78 is 27.1. The van der Waals surface area contributed by atoms with Gasteiger partial charge in [-0.2, -0.15) is 4.31 Å². The minimum Gasteiger partial charge on any atom is -0.229 e. The van der Waals surface area contributed by atoms with Gasteiger partial charge in [-0.05, 0) is 25.7 Å².